The average Bonchev–Trinajstić information content (AvgIpc) is 3.35. The highest BCUT2D eigenvalue weighted by Crippen LogP contribution is 2.34. The van der Waals surface area contributed by atoms with Crippen molar-refractivity contribution in [1.29, 1.82) is 0 Å². The topological polar surface area (TPSA) is 127 Å². The number of carbonyl (C=O) groups excluding carboxylic acids is 2. The van der Waals surface area contributed by atoms with E-state index in [0.717, 1.165) is 12.1 Å². The monoisotopic (exact) mass is 429 g/mol. The summed E-state index contributed by atoms with van der Waals surface area (Å²) in [5.41, 5.74) is 1.34. The van der Waals surface area contributed by atoms with Crippen molar-refractivity contribution in [3.8, 4) is 0 Å². The summed E-state index contributed by atoms with van der Waals surface area (Å²) in [6.45, 7) is -0.705. The molecule has 1 aliphatic carbocycles. The van der Waals surface area contributed by atoms with Crippen LogP contribution < -0.4 is 10.6 Å². The number of amides is 2. The van der Waals surface area contributed by atoms with Gasteiger partial charge in [-0.3, -0.25) is 9.89 Å². The minimum Gasteiger partial charge on any atom is -0.449 e. The number of hydrogen-bond donors (Lipinski definition) is 3. The standard InChI is InChI=1S/C17H22F3N7O3/c1-27-21-9-12(26-27)7-15(28)23-14-8-13(24-25-14)10-2-3-11(6-10)22-16(29)30-5-4-17(18,19)20/h8-11H,2-7H2,1H3,(H,22,29)(H2,23,24,25,28)/t10-,11+/m0/s1. The van der Waals surface area contributed by atoms with Gasteiger partial charge in [-0.15, -0.1) is 0 Å². The molecule has 0 unspecified atom stereocenters. The van der Waals surface area contributed by atoms with Gasteiger partial charge in [-0.25, -0.2) is 4.79 Å². The van der Waals surface area contributed by atoms with Gasteiger partial charge in [-0.2, -0.15) is 33.3 Å². The van der Waals surface area contributed by atoms with E-state index in [0.29, 0.717) is 24.4 Å². The highest BCUT2D eigenvalue weighted by Gasteiger charge is 2.30. The Hall–Kier alpha value is -3.12. The molecular weight excluding hydrogens is 407 g/mol. The van der Waals surface area contributed by atoms with E-state index in [1.807, 2.05) is 0 Å². The number of carbonyl (C=O) groups is 2. The molecule has 164 valence electrons. The quantitative estimate of drug-likeness (QED) is 0.618. The van der Waals surface area contributed by atoms with Gasteiger partial charge in [0.15, 0.2) is 5.82 Å². The molecule has 0 aromatic carbocycles. The fourth-order valence-electron chi connectivity index (χ4n) is 3.29. The lowest BCUT2D eigenvalue weighted by atomic mass is 10.0. The van der Waals surface area contributed by atoms with E-state index in [-0.39, 0.29) is 24.3 Å². The maximum atomic E-state index is 12.1. The first-order chi connectivity index (χ1) is 14.2. The second kappa shape index (κ2) is 9.13. The number of aromatic amines is 1. The van der Waals surface area contributed by atoms with Crippen molar-refractivity contribution < 1.29 is 27.5 Å². The number of H-pyrrole nitrogens is 1. The third-order valence-electron chi connectivity index (χ3n) is 4.67. The predicted molar refractivity (Wildman–Crippen MR) is 97.5 cm³/mol. The molecule has 1 aliphatic rings. The van der Waals surface area contributed by atoms with Crippen LogP contribution in [0.4, 0.5) is 23.8 Å². The fraction of sp³-hybridized carbons (Fsp3) is 0.588. The minimum absolute atomic E-state index is 0.0713. The Morgan fingerprint density at radius 2 is 2.17 bits per heavy atom. The molecule has 30 heavy (non-hydrogen) atoms. The van der Waals surface area contributed by atoms with Crippen LogP contribution >= 0.6 is 0 Å². The summed E-state index contributed by atoms with van der Waals surface area (Å²) >= 11 is 0. The van der Waals surface area contributed by atoms with Crippen LogP contribution in [0.15, 0.2) is 12.3 Å². The lowest BCUT2D eigenvalue weighted by molar-refractivity contribution is -0.141. The van der Waals surface area contributed by atoms with E-state index in [9.17, 15) is 22.8 Å². The lowest BCUT2D eigenvalue weighted by Gasteiger charge is -2.13. The maximum Gasteiger partial charge on any atom is 0.407 e. The second-order valence-electron chi connectivity index (χ2n) is 7.11. The SMILES string of the molecule is Cn1ncc(CC(=O)Nc2cc([C@H]3CC[C@@H](NC(=O)OCCC(F)(F)F)C3)[nH]n2)n1. The van der Waals surface area contributed by atoms with Crippen LogP contribution in [0.2, 0.25) is 0 Å². The second-order valence-corrected chi connectivity index (χ2v) is 7.11. The third-order valence-corrected chi connectivity index (χ3v) is 4.67. The zero-order valence-electron chi connectivity index (χ0n) is 16.2. The zero-order chi connectivity index (χ0) is 21.7. The number of ether oxygens (including phenoxy) is 1. The Bertz CT molecular complexity index is 880. The Morgan fingerprint density at radius 3 is 2.87 bits per heavy atom. The van der Waals surface area contributed by atoms with Crippen LogP contribution in [-0.4, -0.2) is 56.0 Å². The van der Waals surface area contributed by atoms with Crippen molar-refractivity contribution in [1.82, 2.24) is 30.5 Å². The van der Waals surface area contributed by atoms with E-state index >= 15 is 0 Å². The average molecular weight is 429 g/mol. The van der Waals surface area contributed by atoms with Gasteiger partial charge in [0.25, 0.3) is 0 Å². The van der Waals surface area contributed by atoms with Gasteiger partial charge in [0, 0.05) is 30.8 Å². The molecule has 0 aliphatic heterocycles. The summed E-state index contributed by atoms with van der Waals surface area (Å²) in [5.74, 6) is 0.173. The number of hydrogen-bond acceptors (Lipinski definition) is 6. The fourth-order valence-corrected chi connectivity index (χ4v) is 3.29. The summed E-state index contributed by atoms with van der Waals surface area (Å²) in [6.07, 6.45) is -2.81. The number of halogens is 3. The van der Waals surface area contributed by atoms with Gasteiger partial charge in [-0.05, 0) is 19.3 Å². The summed E-state index contributed by atoms with van der Waals surface area (Å²) in [5, 5.41) is 20.2. The molecule has 3 rings (SSSR count). The van der Waals surface area contributed by atoms with Crippen LogP contribution in [-0.2, 0) is 23.0 Å². The summed E-state index contributed by atoms with van der Waals surface area (Å²) in [6, 6.07) is 1.52. The Labute approximate surface area is 169 Å². The maximum absolute atomic E-state index is 12.1. The molecule has 13 heteroatoms. The van der Waals surface area contributed by atoms with Crippen molar-refractivity contribution in [2.75, 3.05) is 11.9 Å². The first-order valence-electron chi connectivity index (χ1n) is 9.38. The Balaban J connectivity index is 1.42. The first-order valence-corrected chi connectivity index (χ1v) is 9.38. The summed E-state index contributed by atoms with van der Waals surface area (Å²) in [7, 11) is 1.66. The molecule has 2 atom stereocenters. The molecule has 2 heterocycles. The van der Waals surface area contributed by atoms with Crippen LogP contribution in [0.1, 0.15) is 43.0 Å². The van der Waals surface area contributed by atoms with E-state index in [2.05, 4.69) is 35.8 Å². The van der Waals surface area contributed by atoms with E-state index in [4.69, 9.17) is 0 Å². The zero-order valence-corrected chi connectivity index (χ0v) is 16.2. The normalized spacial score (nSPS) is 18.9. The predicted octanol–water partition coefficient (Wildman–Crippen LogP) is 2.03. The number of nitrogens with zero attached hydrogens (tertiary/aromatic N) is 4. The van der Waals surface area contributed by atoms with E-state index in [1.54, 1.807) is 13.1 Å². The lowest BCUT2D eigenvalue weighted by Crippen LogP contribution is -2.34. The van der Waals surface area contributed by atoms with Crippen molar-refractivity contribution >= 4 is 17.8 Å². The van der Waals surface area contributed by atoms with E-state index < -0.39 is 25.3 Å². The van der Waals surface area contributed by atoms with Gasteiger partial charge in [0.2, 0.25) is 5.91 Å². The molecule has 2 aromatic heterocycles. The van der Waals surface area contributed by atoms with Crippen molar-refractivity contribution in [3.63, 3.8) is 0 Å². The molecule has 0 radical (unpaired) electrons. The minimum atomic E-state index is -4.36. The summed E-state index contributed by atoms with van der Waals surface area (Å²) in [4.78, 5) is 25.1. The Kier molecular flexibility index (Phi) is 6.57. The molecule has 0 saturated heterocycles. The van der Waals surface area contributed by atoms with Gasteiger partial charge in [-0.1, -0.05) is 0 Å². The van der Waals surface area contributed by atoms with Crippen molar-refractivity contribution in [2.24, 2.45) is 7.05 Å². The van der Waals surface area contributed by atoms with E-state index in [1.165, 1.54) is 11.0 Å². The van der Waals surface area contributed by atoms with Gasteiger partial charge < -0.3 is 15.4 Å². The molecule has 2 aromatic rings. The molecule has 1 fully saturated rings. The largest absolute Gasteiger partial charge is 0.449 e. The number of rotatable bonds is 7. The number of alkyl halides is 3. The Morgan fingerprint density at radius 1 is 1.37 bits per heavy atom. The highest BCUT2D eigenvalue weighted by molar-refractivity contribution is 5.91. The molecule has 3 N–H and O–H groups in total. The van der Waals surface area contributed by atoms with Crippen LogP contribution in [0.3, 0.4) is 0 Å². The smallest absolute Gasteiger partial charge is 0.407 e. The molecule has 0 spiro atoms. The highest BCUT2D eigenvalue weighted by atomic mass is 19.4. The molecular formula is C17H22F3N7O3. The van der Waals surface area contributed by atoms with Crippen molar-refractivity contribution in [3.05, 3.63) is 23.7 Å². The molecule has 1 saturated carbocycles. The van der Waals surface area contributed by atoms with Gasteiger partial charge in [0.1, 0.15) is 6.61 Å². The molecule has 2 amide bonds. The number of aromatic nitrogens is 5. The van der Waals surface area contributed by atoms with Gasteiger partial charge >= 0.3 is 12.3 Å². The summed E-state index contributed by atoms with van der Waals surface area (Å²) < 4.78 is 40.8. The number of aryl methyl sites for hydroxylation is 1. The number of alkyl carbamates (subject to hydrolysis) is 1. The van der Waals surface area contributed by atoms with Crippen LogP contribution in [0, 0.1) is 0 Å². The van der Waals surface area contributed by atoms with Crippen LogP contribution in [0.5, 0.6) is 0 Å². The first kappa shape index (κ1) is 21.6. The number of anilines is 1. The van der Waals surface area contributed by atoms with Crippen molar-refractivity contribution in [2.45, 2.75) is 50.2 Å². The molecule has 10 nitrogen and oxygen atoms in total. The third kappa shape index (κ3) is 6.46. The van der Waals surface area contributed by atoms with Crippen LogP contribution in [0.25, 0.3) is 0 Å². The number of nitrogens with one attached hydrogen (secondary N) is 3. The van der Waals surface area contributed by atoms with Gasteiger partial charge in [0.05, 0.1) is 24.7 Å². The molecule has 0 bridgehead atoms.